The number of benzene rings is 1. The lowest BCUT2D eigenvalue weighted by molar-refractivity contribution is 0.100. The summed E-state index contributed by atoms with van der Waals surface area (Å²) in [6.45, 7) is 0. The van der Waals surface area contributed by atoms with Gasteiger partial charge in [0.05, 0.1) is 15.6 Å². The molecule has 0 heterocycles. The van der Waals surface area contributed by atoms with Crippen molar-refractivity contribution in [2.24, 2.45) is 5.73 Å². The van der Waals surface area contributed by atoms with Gasteiger partial charge in [0.25, 0.3) is 5.91 Å². The molecule has 0 aromatic heterocycles. The summed E-state index contributed by atoms with van der Waals surface area (Å²) in [5.74, 6) is -1.50. The van der Waals surface area contributed by atoms with Crippen molar-refractivity contribution in [2.45, 2.75) is 0 Å². The smallest absolute Gasteiger partial charge is 0.251 e. The van der Waals surface area contributed by atoms with Crippen molar-refractivity contribution >= 4 is 40.7 Å². The molecular formula is C8H3Cl3N2O2. The summed E-state index contributed by atoms with van der Waals surface area (Å²) in [7, 11) is 0. The van der Waals surface area contributed by atoms with E-state index in [2.05, 4.69) is 0 Å². The Hall–Kier alpha value is -1.15. The summed E-state index contributed by atoms with van der Waals surface area (Å²) in [5, 5.41) is 17.2. The maximum Gasteiger partial charge on any atom is 0.251 e. The normalized spacial score (nSPS) is 9.73. The molecule has 0 aliphatic rings. The molecule has 7 heteroatoms. The number of hydrogen-bond acceptors (Lipinski definition) is 3. The van der Waals surface area contributed by atoms with Gasteiger partial charge >= 0.3 is 0 Å². The van der Waals surface area contributed by atoms with Gasteiger partial charge in [-0.15, -0.1) is 0 Å². The molecule has 0 aliphatic heterocycles. The summed E-state index contributed by atoms with van der Waals surface area (Å²) in [4.78, 5) is 11.0. The summed E-state index contributed by atoms with van der Waals surface area (Å²) in [6, 6.07) is 1.59. The van der Waals surface area contributed by atoms with Crippen LogP contribution in [-0.2, 0) is 0 Å². The summed E-state index contributed by atoms with van der Waals surface area (Å²) < 4.78 is 0. The molecule has 4 nitrogen and oxygen atoms in total. The average Bonchev–Trinajstić information content (AvgIpc) is 2.15. The monoisotopic (exact) mass is 264 g/mol. The fourth-order valence-corrected chi connectivity index (χ4v) is 1.80. The van der Waals surface area contributed by atoms with Crippen molar-refractivity contribution in [3.63, 3.8) is 0 Å². The fraction of sp³-hybridized carbons (Fsp3) is 0. The van der Waals surface area contributed by atoms with E-state index in [9.17, 15) is 9.90 Å². The minimum atomic E-state index is -0.927. The van der Waals surface area contributed by atoms with Crippen molar-refractivity contribution < 1.29 is 9.90 Å². The van der Waals surface area contributed by atoms with Gasteiger partial charge in [0, 0.05) is 0 Å². The molecule has 1 aromatic carbocycles. The standard InChI is InChI=1S/C8H3Cl3N2O2/c9-4-2(1-12)7(14)6(11)5(10)3(4)8(13)15/h14H,(H2,13,15). The molecule has 0 spiro atoms. The van der Waals surface area contributed by atoms with Gasteiger partial charge in [0.15, 0.2) is 5.75 Å². The first-order chi connectivity index (χ1) is 6.91. The SMILES string of the molecule is N#Cc1c(O)c(Cl)c(Cl)c(C(N)=O)c1Cl. The molecule has 0 bridgehead atoms. The number of amides is 1. The highest BCUT2D eigenvalue weighted by molar-refractivity contribution is 6.47. The number of nitrogens with zero attached hydrogens (tertiary/aromatic N) is 1. The lowest BCUT2D eigenvalue weighted by Gasteiger charge is -2.08. The van der Waals surface area contributed by atoms with Crippen molar-refractivity contribution in [1.29, 1.82) is 5.26 Å². The molecular weight excluding hydrogens is 262 g/mol. The van der Waals surface area contributed by atoms with Crippen LogP contribution in [0.1, 0.15) is 15.9 Å². The van der Waals surface area contributed by atoms with E-state index >= 15 is 0 Å². The van der Waals surface area contributed by atoms with Crippen molar-refractivity contribution in [1.82, 2.24) is 0 Å². The van der Waals surface area contributed by atoms with E-state index in [-0.39, 0.29) is 26.2 Å². The number of hydrogen-bond donors (Lipinski definition) is 2. The zero-order chi connectivity index (χ0) is 11.7. The Morgan fingerprint density at radius 1 is 1.27 bits per heavy atom. The molecule has 1 amide bonds. The van der Waals surface area contributed by atoms with Crippen LogP contribution in [0.15, 0.2) is 0 Å². The Morgan fingerprint density at radius 3 is 2.20 bits per heavy atom. The average molecular weight is 265 g/mol. The fourth-order valence-electron chi connectivity index (χ4n) is 0.967. The first-order valence-corrected chi connectivity index (χ1v) is 4.64. The van der Waals surface area contributed by atoms with E-state index in [1.165, 1.54) is 0 Å². The van der Waals surface area contributed by atoms with Crippen molar-refractivity contribution in [3.8, 4) is 11.8 Å². The third-order valence-electron chi connectivity index (χ3n) is 1.65. The number of phenolic OH excluding ortho intramolecular Hbond substituents is 1. The summed E-state index contributed by atoms with van der Waals surface area (Å²) in [6.07, 6.45) is 0. The number of nitriles is 1. The second-order valence-electron chi connectivity index (χ2n) is 2.52. The first kappa shape index (κ1) is 11.9. The lowest BCUT2D eigenvalue weighted by atomic mass is 10.1. The number of aromatic hydroxyl groups is 1. The number of carbonyl (C=O) groups is 1. The quantitative estimate of drug-likeness (QED) is 0.764. The number of nitrogens with two attached hydrogens (primary N) is 1. The van der Waals surface area contributed by atoms with Crippen LogP contribution in [0.25, 0.3) is 0 Å². The zero-order valence-electron chi connectivity index (χ0n) is 7.01. The minimum absolute atomic E-state index is 0.273. The Balaban J connectivity index is 3.78. The Morgan fingerprint density at radius 2 is 1.80 bits per heavy atom. The van der Waals surface area contributed by atoms with E-state index in [1.54, 1.807) is 6.07 Å². The van der Waals surface area contributed by atoms with Crippen molar-refractivity contribution in [3.05, 3.63) is 26.2 Å². The van der Waals surface area contributed by atoms with E-state index in [1.807, 2.05) is 0 Å². The van der Waals surface area contributed by atoms with Gasteiger partial charge < -0.3 is 10.8 Å². The van der Waals surface area contributed by atoms with E-state index in [4.69, 9.17) is 45.8 Å². The van der Waals surface area contributed by atoms with Gasteiger partial charge in [0.2, 0.25) is 0 Å². The summed E-state index contributed by atoms with van der Waals surface area (Å²) in [5.41, 5.74) is 4.39. The molecule has 0 atom stereocenters. The molecule has 3 N–H and O–H groups in total. The van der Waals surface area contributed by atoms with E-state index in [0.717, 1.165) is 0 Å². The number of phenols is 1. The Labute approximate surface area is 99.8 Å². The van der Waals surface area contributed by atoms with Gasteiger partial charge in [-0.25, -0.2) is 0 Å². The van der Waals surface area contributed by atoms with E-state index in [0.29, 0.717) is 0 Å². The van der Waals surface area contributed by atoms with Gasteiger partial charge in [0.1, 0.15) is 16.7 Å². The lowest BCUT2D eigenvalue weighted by Crippen LogP contribution is -2.13. The third-order valence-corrected chi connectivity index (χ3v) is 2.87. The van der Waals surface area contributed by atoms with Crippen LogP contribution in [0.2, 0.25) is 15.1 Å². The molecule has 0 aliphatic carbocycles. The molecule has 0 saturated carbocycles. The third kappa shape index (κ3) is 1.82. The topological polar surface area (TPSA) is 87.1 Å². The largest absolute Gasteiger partial charge is 0.505 e. The predicted molar refractivity (Wildman–Crippen MR) is 56.4 cm³/mol. The van der Waals surface area contributed by atoms with Crippen LogP contribution >= 0.6 is 34.8 Å². The van der Waals surface area contributed by atoms with Crippen LogP contribution in [0.3, 0.4) is 0 Å². The maximum atomic E-state index is 11.0. The van der Waals surface area contributed by atoms with Crippen LogP contribution in [0.4, 0.5) is 0 Å². The molecule has 0 radical (unpaired) electrons. The molecule has 15 heavy (non-hydrogen) atoms. The maximum absolute atomic E-state index is 11.0. The molecule has 0 unspecified atom stereocenters. The molecule has 1 aromatic rings. The zero-order valence-corrected chi connectivity index (χ0v) is 9.28. The van der Waals surface area contributed by atoms with Crippen LogP contribution in [0.5, 0.6) is 5.75 Å². The minimum Gasteiger partial charge on any atom is -0.505 e. The highest BCUT2D eigenvalue weighted by atomic mass is 35.5. The molecule has 0 saturated heterocycles. The second kappa shape index (κ2) is 4.15. The predicted octanol–water partition coefficient (Wildman–Crippen LogP) is 2.32. The van der Waals surface area contributed by atoms with Gasteiger partial charge in [-0.2, -0.15) is 5.26 Å². The van der Waals surface area contributed by atoms with Crippen LogP contribution in [-0.4, -0.2) is 11.0 Å². The van der Waals surface area contributed by atoms with E-state index < -0.39 is 11.7 Å². The highest BCUT2D eigenvalue weighted by Gasteiger charge is 2.23. The Kier molecular flexibility index (Phi) is 3.30. The summed E-state index contributed by atoms with van der Waals surface area (Å²) >= 11 is 16.9. The number of primary amides is 1. The number of carbonyl (C=O) groups excluding carboxylic acids is 1. The molecule has 0 fully saturated rings. The highest BCUT2D eigenvalue weighted by Crippen LogP contribution is 2.41. The van der Waals surface area contributed by atoms with Gasteiger partial charge in [-0.1, -0.05) is 34.8 Å². The number of halogens is 3. The van der Waals surface area contributed by atoms with Gasteiger partial charge in [-0.3, -0.25) is 4.79 Å². The number of rotatable bonds is 1. The Bertz CT molecular complexity index is 494. The second-order valence-corrected chi connectivity index (χ2v) is 3.65. The van der Waals surface area contributed by atoms with Crippen molar-refractivity contribution in [2.75, 3.05) is 0 Å². The molecule has 78 valence electrons. The van der Waals surface area contributed by atoms with Crippen LogP contribution < -0.4 is 5.73 Å². The van der Waals surface area contributed by atoms with Gasteiger partial charge in [-0.05, 0) is 0 Å². The van der Waals surface area contributed by atoms with Crippen LogP contribution in [0, 0.1) is 11.3 Å². The first-order valence-electron chi connectivity index (χ1n) is 3.51. The molecule has 1 rings (SSSR count).